The lowest BCUT2D eigenvalue weighted by Crippen LogP contribution is -2.21. The Hall–Kier alpha value is -1.51. The molecule has 0 fully saturated rings. The van der Waals surface area contributed by atoms with Gasteiger partial charge in [-0.2, -0.15) is 0 Å². The summed E-state index contributed by atoms with van der Waals surface area (Å²) in [4.78, 5) is 26.5. The number of Topliss-reactive ketones (excluding diaryl/α,β-unsaturated/α-hetero) is 2. The first-order chi connectivity index (χ1) is 6.61. The third-order valence-corrected chi connectivity index (χ3v) is 1.91. The Labute approximate surface area is 83.2 Å². The molecule has 0 aliphatic heterocycles. The highest BCUT2D eigenvalue weighted by Gasteiger charge is 2.17. The van der Waals surface area contributed by atoms with Gasteiger partial charge in [0.2, 0.25) is 11.6 Å². The number of nitrogens with zero attached hydrogens (tertiary/aromatic N) is 1. The maximum atomic E-state index is 11.4. The molecular weight excluding hydrogens is 178 g/mol. The van der Waals surface area contributed by atoms with E-state index in [0.717, 1.165) is 5.56 Å². The van der Waals surface area contributed by atoms with Crippen LogP contribution in [0.2, 0.25) is 0 Å². The van der Waals surface area contributed by atoms with Gasteiger partial charge in [-0.25, -0.2) is 0 Å². The van der Waals surface area contributed by atoms with Gasteiger partial charge in [-0.3, -0.25) is 14.6 Å². The maximum Gasteiger partial charge on any atom is 0.203 e. The average Bonchev–Trinajstić information content (AvgIpc) is 2.18. The second-order valence-corrected chi connectivity index (χ2v) is 3.47. The van der Waals surface area contributed by atoms with Crippen LogP contribution in [-0.2, 0) is 16.0 Å². The highest BCUT2D eigenvalue weighted by molar-refractivity contribution is 6.38. The number of carbonyl (C=O) groups is 2. The molecule has 1 aromatic rings. The molecule has 0 spiro atoms. The minimum Gasteiger partial charge on any atom is -0.291 e. The van der Waals surface area contributed by atoms with E-state index in [-0.39, 0.29) is 23.9 Å². The van der Waals surface area contributed by atoms with Crippen molar-refractivity contribution in [3.05, 3.63) is 30.1 Å². The lowest BCUT2D eigenvalue weighted by atomic mass is 10.0. The summed E-state index contributed by atoms with van der Waals surface area (Å²) in [6.45, 7) is 3.46. The smallest absolute Gasteiger partial charge is 0.203 e. The Morgan fingerprint density at radius 3 is 2.36 bits per heavy atom. The van der Waals surface area contributed by atoms with Crippen molar-refractivity contribution < 1.29 is 9.59 Å². The van der Waals surface area contributed by atoms with Gasteiger partial charge in [0.15, 0.2) is 0 Å². The summed E-state index contributed by atoms with van der Waals surface area (Å²) in [6.07, 6.45) is 3.41. The third kappa shape index (κ3) is 2.76. The highest BCUT2D eigenvalue weighted by Crippen LogP contribution is 2.02. The van der Waals surface area contributed by atoms with Crippen LogP contribution in [-0.4, -0.2) is 16.6 Å². The fourth-order valence-electron chi connectivity index (χ4n) is 1.10. The van der Waals surface area contributed by atoms with Crippen molar-refractivity contribution in [1.82, 2.24) is 4.98 Å². The number of rotatable bonds is 4. The normalized spacial score (nSPS) is 10.2. The van der Waals surface area contributed by atoms with Crippen molar-refractivity contribution in [2.24, 2.45) is 5.92 Å². The maximum absolute atomic E-state index is 11.4. The molecule has 0 bridgehead atoms. The molecule has 1 aromatic heterocycles. The molecule has 0 N–H and O–H groups in total. The minimum atomic E-state index is -0.328. The first kappa shape index (κ1) is 10.6. The van der Waals surface area contributed by atoms with Crippen LogP contribution in [0.5, 0.6) is 0 Å². The molecule has 0 aromatic carbocycles. The third-order valence-electron chi connectivity index (χ3n) is 1.91. The predicted octanol–water partition coefficient (Wildman–Crippen LogP) is 1.42. The highest BCUT2D eigenvalue weighted by atomic mass is 16.2. The van der Waals surface area contributed by atoms with E-state index in [4.69, 9.17) is 0 Å². The zero-order valence-electron chi connectivity index (χ0n) is 8.36. The van der Waals surface area contributed by atoms with E-state index in [2.05, 4.69) is 4.98 Å². The van der Waals surface area contributed by atoms with E-state index in [9.17, 15) is 9.59 Å². The molecule has 0 aliphatic rings. The number of pyridine rings is 1. The van der Waals surface area contributed by atoms with Crippen LogP contribution in [0.25, 0.3) is 0 Å². The van der Waals surface area contributed by atoms with Crippen molar-refractivity contribution in [2.45, 2.75) is 20.3 Å². The SMILES string of the molecule is CC(C)C(=O)C(=O)Cc1ccncc1. The number of hydrogen-bond donors (Lipinski definition) is 0. The summed E-state index contributed by atoms with van der Waals surface area (Å²) in [7, 11) is 0. The van der Waals surface area contributed by atoms with E-state index in [1.807, 2.05) is 0 Å². The minimum absolute atomic E-state index is 0.180. The summed E-state index contributed by atoms with van der Waals surface area (Å²) in [5, 5.41) is 0. The van der Waals surface area contributed by atoms with Gasteiger partial charge >= 0.3 is 0 Å². The summed E-state index contributed by atoms with van der Waals surface area (Å²) >= 11 is 0. The lowest BCUT2D eigenvalue weighted by molar-refractivity contribution is -0.138. The average molecular weight is 191 g/mol. The summed E-state index contributed by atoms with van der Waals surface area (Å²) in [5.74, 6) is -0.850. The van der Waals surface area contributed by atoms with Gasteiger partial charge in [-0.05, 0) is 17.7 Å². The Bertz CT molecular complexity index is 330. The first-order valence-electron chi connectivity index (χ1n) is 4.57. The van der Waals surface area contributed by atoms with Crippen LogP contribution < -0.4 is 0 Å². The molecule has 0 radical (unpaired) electrons. The van der Waals surface area contributed by atoms with Crippen molar-refractivity contribution in [1.29, 1.82) is 0 Å². The van der Waals surface area contributed by atoms with Crippen molar-refractivity contribution in [2.75, 3.05) is 0 Å². The Morgan fingerprint density at radius 1 is 1.29 bits per heavy atom. The molecule has 1 rings (SSSR count). The lowest BCUT2D eigenvalue weighted by Gasteiger charge is -2.02. The monoisotopic (exact) mass is 191 g/mol. The summed E-state index contributed by atoms with van der Waals surface area (Å²) in [6, 6.07) is 3.48. The molecule has 0 saturated carbocycles. The van der Waals surface area contributed by atoms with E-state index >= 15 is 0 Å². The van der Waals surface area contributed by atoms with Crippen molar-refractivity contribution in [3.8, 4) is 0 Å². The number of ketones is 2. The first-order valence-corrected chi connectivity index (χ1v) is 4.57. The molecule has 1 heterocycles. The number of carbonyl (C=O) groups excluding carboxylic acids is 2. The second-order valence-electron chi connectivity index (χ2n) is 3.47. The van der Waals surface area contributed by atoms with Gasteiger partial charge in [0.1, 0.15) is 0 Å². The van der Waals surface area contributed by atoms with E-state index in [0.29, 0.717) is 0 Å². The molecule has 3 heteroatoms. The van der Waals surface area contributed by atoms with Crippen LogP contribution >= 0.6 is 0 Å². The van der Waals surface area contributed by atoms with E-state index in [1.54, 1.807) is 38.4 Å². The van der Waals surface area contributed by atoms with Gasteiger partial charge in [-0.1, -0.05) is 13.8 Å². The Morgan fingerprint density at radius 2 is 1.86 bits per heavy atom. The fourth-order valence-corrected chi connectivity index (χ4v) is 1.10. The number of aromatic nitrogens is 1. The van der Waals surface area contributed by atoms with Crippen LogP contribution in [0.3, 0.4) is 0 Å². The van der Waals surface area contributed by atoms with Crippen LogP contribution in [0.15, 0.2) is 24.5 Å². The molecule has 0 unspecified atom stereocenters. The van der Waals surface area contributed by atoms with Crippen molar-refractivity contribution in [3.63, 3.8) is 0 Å². The molecule has 3 nitrogen and oxygen atoms in total. The fraction of sp³-hybridized carbons (Fsp3) is 0.364. The zero-order valence-corrected chi connectivity index (χ0v) is 8.36. The van der Waals surface area contributed by atoms with E-state index in [1.165, 1.54) is 0 Å². The standard InChI is InChI=1S/C11H13NO2/c1-8(2)11(14)10(13)7-9-3-5-12-6-4-9/h3-6,8H,7H2,1-2H3. The van der Waals surface area contributed by atoms with Crippen LogP contribution in [0.1, 0.15) is 19.4 Å². The molecule has 0 saturated heterocycles. The zero-order chi connectivity index (χ0) is 10.6. The summed E-state index contributed by atoms with van der Waals surface area (Å²) in [5.41, 5.74) is 0.832. The largest absolute Gasteiger partial charge is 0.291 e. The second kappa shape index (κ2) is 4.65. The molecule has 0 atom stereocenters. The van der Waals surface area contributed by atoms with Gasteiger partial charge in [0.05, 0.1) is 0 Å². The molecule has 0 amide bonds. The van der Waals surface area contributed by atoms with Crippen LogP contribution in [0, 0.1) is 5.92 Å². The topological polar surface area (TPSA) is 47.0 Å². The molecule has 74 valence electrons. The van der Waals surface area contributed by atoms with Gasteiger partial charge < -0.3 is 0 Å². The van der Waals surface area contributed by atoms with Gasteiger partial charge in [-0.15, -0.1) is 0 Å². The van der Waals surface area contributed by atoms with E-state index < -0.39 is 0 Å². The predicted molar refractivity (Wildman–Crippen MR) is 52.8 cm³/mol. The van der Waals surface area contributed by atoms with Crippen molar-refractivity contribution >= 4 is 11.6 Å². The Kier molecular flexibility index (Phi) is 3.51. The molecule has 14 heavy (non-hydrogen) atoms. The van der Waals surface area contributed by atoms with Gasteiger partial charge in [0, 0.05) is 24.7 Å². The van der Waals surface area contributed by atoms with Gasteiger partial charge in [0.25, 0.3) is 0 Å². The Balaban J connectivity index is 2.63. The quantitative estimate of drug-likeness (QED) is 0.676. The summed E-state index contributed by atoms with van der Waals surface area (Å²) < 4.78 is 0. The number of hydrogen-bond acceptors (Lipinski definition) is 3. The van der Waals surface area contributed by atoms with Crippen LogP contribution in [0.4, 0.5) is 0 Å². The molecular formula is C11H13NO2. The molecule has 0 aliphatic carbocycles.